The molecule has 18 heavy (non-hydrogen) atoms. The summed E-state index contributed by atoms with van der Waals surface area (Å²) in [6.07, 6.45) is -6.95. The number of ether oxygens (including phenoxy) is 1. The van der Waals surface area contributed by atoms with E-state index >= 15 is 0 Å². The Morgan fingerprint density at radius 3 is 2.39 bits per heavy atom. The number of halogens is 4. The number of carbonyl (C=O) groups excluding carboxylic acids is 1. The van der Waals surface area contributed by atoms with Crippen molar-refractivity contribution in [2.24, 2.45) is 0 Å². The van der Waals surface area contributed by atoms with Gasteiger partial charge in [0.1, 0.15) is 0 Å². The van der Waals surface area contributed by atoms with Gasteiger partial charge >= 0.3 is 12.1 Å². The molecule has 1 atom stereocenters. The summed E-state index contributed by atoms with van der Waals surface area (Å²) in [4.78, 5) is 11.0. The van der Waals surface area contributed by atoms with Gasteiger partial charge in [-0.25, -0.2) is 9.18 Å². The van der Waals surface area contributed by atoms with Crippen LogP contribution in [0.25, 0.3) is 0 Å². The summed E-state index contributed by atoms with van der Waals surface area (Å²) in [5, 5.41) is 0. The highest BCUT2D eigenvalue weighted by Crippen LogP contribution is 2.37. The van der Waals surface area contributed by atoms with Crippen molar-refractivity contribution >= 4 is 5.97 Å². The zero-order chi connectivity index (χ0) is 13.9. The Kier molecular flexibility index (Phi) is 4.11. The Morgan fingerprint density at radius 2 is 1.89 bits per heavy atom. The lowest BCUT2D eigenvalue weighted by Crippen LogP contribution is -2.14. The highest BCUT2D eigenvalue weighted by atomic mass is 19.4. The highest BCUT2D eigenvalue weighted by molar-refractivity contribution is 5.89. The first-order valence-corrected chi connectivity index (χ1v) is 4.86. The summed E-state index contributed by atoms with van der Waals surface area (Å²) in [6.45, 7) is 3.11. The van der Waals surface area contributed by atoms with Gasteiger partial charge in [-0.1, -0.05) is 24.8 Å². The molecule has 0 N–H and O–H groups in total. The minimum atomic E-state index is -4.70. The first kappa shape index (κ1) is 14.2. The molecule has 0 aliphatic rings. The van der Waals surface area contributed by atoms with Gasteiger partial charge in [0.25, 0.3) is 0 Å². The van der Waals surface area contributed by atoms with Gasteiger partial charge in [0.2, 0.25) is 0 Å². The molecule has 0 aliphatic heterocycles. The lowest BCUT2D eigenvalue weighted by atomic mass is 9.98. The van der Waals surface area contributed by atoms with Crippen molar-refractivity contribution in [3.8, 4) is 0 Å². The summed E-state index contributed by atoms with van der Waals surface area (Å²) < 4.78 is 56.0. The van der Waals surface area contributed by atoms with E-state index in [1.807, 2.05) is 0 Å². The molecule has 0 fully saturated rings. The van der Waals surface area contributed by atoms with Gasteiger partial charge in [-0.3, -0.25) is 0 Å². The van der Waals surface area contributed by atoms with Crippen LogP contribution in [0.1, 0.15) is 17.3 Å². The van der Waals surface area contributed by atoms with Gasteiger partial charge in [0.15, 0.2) is 6.17 Å². The zero-order valence-corrected chi connectivity index (χ0v) is 9.42. The Hall–Kier alpha value is -1.85. The number of alkyl halides is 4. The van der Waals surface area contributed by atoms with Crippen LogP contribution in [0.3, 0.4) is 0 Å². The van der Waals surface area contributed by atoms with Gasteiger partial charge in [-0.15, -0.1) is 0 Å². The van der Waals surface area contributed by atoms with Crippen molar-refractivity contribution in [3.05, 3.63) is 47.5 Å². The second-order valence-corrected chi connectivity index (χ2v) is 3.46. The molecular weight excluding hydrogens is 252 g/mol. The Bertz CT molecular complexity index is 465. The van der Waals surface area contributed by atoms with E-state index in [9.17, 15) is 22.4 Å². The fourth-order valence-corrected chi connectivity index (χ4v) is 1.40. The van der Waals surface area contributed by atoms with E-state index < -0.39 is 35.0 Å². The molecule has 0 saturated carbocycles. The molecule has 1 aromatic rings. The van der Waals surface area contributed by atoms with Gasteiger partial charge in [0, 0.05) is 5.56 Å². The van der Waals surface area contributed by atoms with E-state index in [1.165, 1.54) is 6.07 Å². The normalized spacial score (nSPS) is 12.9. The molecule has 1 rings (SSSR count). The van der Waals surface area contributed by atoms with Crippen LogP contribution in [0, 0.1) is 0 Å². The van der Waals surface area contributed by atoms with Crippen LogP contribution >= 0.6 is 0 Å². The molecule has 0 saturated heterocycles. The third kappa shape index (κ3) is 2.88. The fraction of sp³-hybridized carbons (Fsp3) is 0.250. The standard InChI is InChI=1S/C12H10F4O2/c1-7(11(17)18-2)10(13)8-5-3-4-6-9(8)12(14,15)16/h3-6,10H,1H2,2H3. The molecule has 0 heterocycles. The number of esters is 1. The van der Waals surface area contributed by atoms with Crippen LogP contribution in [0.15, 0.2) is 36.4 Å². The molecule has 0 aromatic heterocycles. The van der Waals surface area contributed by atoms with Gasteiger partial charge < -0.3 is 4.74 Å². The maximum atomic E-state index is 13.9. The zero-order valence-electron chi connectivity index (χ0n) is 9.42. The monoisotopic (exact) mass is 262 g/mol. The largest absolute Gasteiger partial charge is 0.466 e. The minimum absolute atomic E-state index is 0.652. The van der Waals surface area contributed by atoms with E-state index in [0.717, 1.165) is 25.3 Å². The van der Waals surface area contributed by atoms with E-state index in [-0.39, 0.29) is 0 Å². The average Bonchev–Trinajstić information content (AvgIpc) is 2.35. The maximum Gasteiger partial charge on any atom is 0.416 e. The molecule has 98 valence electrons. The second kappa shape index (κ2) is 5.20. The average molecular weight is 262 g/mol. The van der Waals surface area contributed by atoms with E-state index in [0.29, 0.717) is 0 Å². The molecule has 0 amide bonds. The smallest absolute Gasteiger partial charge is 0.416 e. The summed E-state index contributed by atoms with van der Waals surface area (Å²) in [5.41, 5.74) is -2.46. The number of carbonyl (C=O) groups is 1. The van der Waals surface area contributed by atoms with Gasteiger partial charge in [-0.05, 0) is 6.07 Å². The third-order valence-corrected chi connectivity index (χ3v) is 2.29. The third-order valence-electron chi connectivity index (χ3n) is 2.29. The molecule has 1 aromatic carbocycles. The minimum Gasteiger partial charge on any atom is -0.466 e. The number of methoxy groups -OCH3 is 1. The Morgan fingerprint density at radius 1 is 1.33 bits per heavy atom. The molecule has 0 spiro atoms. The molecule has 6 heteroatoms. The molecule has 2 nitrogen and oxygen atoms in total. The Balaban J connectivity index is 3.18. The van der Waals surface area contributed by atoms with Crippen LogP contribution in [0.5, 0.6) is 0 Å². The number of hydrogen-bond acceptors (Lipinski definition) is 2. The predicted molar refractivity (Wildman–Crippen MR) is 56.4 cm³/mol. The second-order valence-electron chi connectivity index (χ2n) is 3.46. The first-order valence-electron chi connectivity index (χ1n) is 4.86. The van der Waals surface area contributed by atoms with E-state index in [1.54, 1.807) is 0 Å². The lowest BCUT2D eigenvalue weighted by molar-refractivity contribution is -0.140. The van der Waals surface area contributed by atoms with Crippen LogP contribution in [-0.4, -0.2) is 13.1 Å². The SMILES string of the molecule is C=C(C(=O)OC)C(F)c1ccccc1C(F)(F)F. The molecular formula is C12H10F4O2. The predicted octanol–water partition coefficient (Wildman–Crippen LogP) is 3.45. The molecule has 0 bridgehead atoms. The Labute approximate surface area is 101 Å². The van der Waals surface area contributed by atoms with Gasteiger partial charge in [0.05, 0.1) is 18.2 Å². The lowest BCUT2D eigenvalue weighted by Gasteiger charge is -2.16. The molecule has 1 unspecified atom stereocenters. The van der Waals surface area contributed by atoms with Gasteiger partial charge in [-0.2, -0.15) is 13.2 Å². The summed E-state index contributed by atoms with van der Waals surface area (Å²) in [6, 6.07) is 4.09. The number of hydrogen-bond donors (Lipinski definition) is 0. The van der Waals surface area contributed by atoms with Crippen molar-refractivity contribution < 1.29 is 27.1 Å². The van der Waals surface area contributed by atoms with Crippen molar-refractivity contribution in [2.45, 2.75) is 12.3 Å². The van der Waals surface area contributed by atoms with Crippen LogP contribution < -0.4 is 0 Å². The summed E-state index contributed by atoms with van der Waals surface area (Å²) in [7, 11) is 0.996. The van der Waals surface area contributed by atoms with Crippen LogP contribution in [0.2, 0.25) is 0 Å². The highest BCUT2D eigenvalue weighted by Gasteiger charge is 2.36. The maximum absolute atomic E-state index is 13.9. The number of rotatable bonds is 3. The summed E-state index contributed by atoms with van der Waals surface area (Å²) >= 11 is 0. The fourth-order valence-electron chi connectivity index (χ4n) is 1.40. The van der Waals surface area contributed by atoms with Crippen LogP contribution in [-0.2, 0) is 15.7 Å². The van der Waals surface area contributed by atoms with E-state index in [4.69, 9.17) is 0 Å². The number of benzene rings is 1. The van der Waals surface area contributed by atoms with E-state index in [2.05, 4.69) is 11.3 Å². The topological polar surface area (TPSA) is 26.3 Å². The quantitative estimate of drug-likeness (QED) is 0.474. The summed E-state index contributed by atoms with van der Waals surface area (Å²) in [5.74, 6) is -1.08. The van der Waals surface area contributed by atoms with Crippen molar-refractivity contribution in [2.75, 3.05) is 7.11 Å². The van der Waals surface area contributed by atoms with Crippen LogP contribution in [0.4, 0.5) is 17.6 Å². The first-order chi connectivity index (χ1) is 8.29. The van der Waals surface area contributed by atoms with Crippen molar-refractivity contribution in [1.82, 2.24) is 0 Å². The van der Waals surface area contributed by atoms with Crippen molar-refractivity contribution in [1.29, 1.82) is 0 Å². The molecule has 0 aliphatic carbocycles. The molecule has 0 radical (unpaired) electrons. The van der Waals surface area contributed by atoms with Crippen molar-refractivity contribution in [3.63, 3.8) is 0 Å².